The number of aromatic nitrogens is 2. The van der Waals surface area contributed by atoms with Crippen LogP contribution in [0.5, 0.6) is 0 Å². The van der Waals surface area contributed by atoms with E-state index in [0.29, 0.717) is 10.8 Å². The molecular weight excluding hydrogens is 250 g/mol. The maximum atomic E-state index is 8.70. The minimum Gasteiger partial charge on any atom is -0.239 e. The molecule has 0 radical (unpaired) electrons. The second-order valence-electron chi connectivity index (χ2n) is 2.98. The first kappa shape index (κ1) is 11.1. The van der Waals surface area contributed by atoms with Gasteiger partial charge >= 0.3 is 0 Å². The lowest BCUT2D eigenvalue weighted by Crippen LogP contribution is -2.10. The molecule has 78 valence electrons. The lowest BCUT2D eigenvalue weighted by molar-refractivity contribution is 0.920. The van der Waals surface area contributed by atoms with Gasteiger partial charge in [-0.1, -0.05) is 11.6 Å². The van der Waals surface area contributed by atoms with E-state index in [1.807, 2.05) is 29.6 Å². The van der Waals surface area contributed by atoms with Crippen molar-refractivity contribution in [1.82, 2.24) is 9.97 Å². The van der Waals surface area contributed by atoms with E-state index in [0.717, 1.165) is 17.3 Å². The third kappa shape index (κ3) is 2.57. The smallest absolute Gasteiger partial charge is 0.150 e. The molecule has 1 saturated heterocycles. The predicted octanol–water partition coefficient (Wildman–Crippen LogP) is 2.52. The van der Waals surface area contributed by atoms with Crippen LogP contribution in [0.15, 0.2) is 6.20 Å². The number of nitrogens with zero attached hydrogens (tertiary/aromatic N) is 3. The Morgan fingerprint density at radius 1 is 1.53 bits per heavy atom. The standard InChI is InChI=1S/C9H8ClN3S2/c10-8-6(3-11)4-12-9(13-8)7-5-14-1-2-15-7/h4,7H,1-2,5H2. The molecule has 6 heteroatoms. The molecule has 0 N–H and O–H groups in total. The number of nitriles is 1. The van der Waals surface area contributed by atoms with E-state index in [4.69, 9.17) is 16.9 Å². The third-order valence-electron chi connectivity index (χ3n) is 1.99. The lowest BCUT2D eigenvalue weighted by atomic mass is 10.3. The molecule has 1 aromatic heterocycles. The zero-order chi connectivity index (χ0) is 10.7. The molecule has 1 atom stereocenters. The summed E-state index contributed by atoms with van der Waals surface area (Å²) in [5.41, 5.74) is 0.342. The number of halogens is 1. The number of rotatable bonds is 1. The summed E-state index contributed by atoms with van der Waals surface area (Å²) in [6.07, 6.45) is 1.50. The van der Waals surface area contributed by atoms with Gasteiger partial charge in [0.1, 0.15) is 17.5 Å². The summed E-state index contributed by atoms with van der Waals surface area (Å²) in [7, 11) is 0. The van der Waals surface area contributed by atoms with Gasteiger partial charge in [-0.25, -0.2) is 9.97 Å². The molecule has 0 spiro atoms. The first-order valence-corrected chi connectivity index (χ1v) is 7.01. The highest BCUT2D eigenvalue weighted by Gasteiger charge is 2.19. The third-order valence-corrected chi connectivity index (χ3v) is 5.02. The van der Waals surface area contributed by atoms with Crippen LogP contribution in [-0.4, -0.2) is 27.2 Å². The van der Waals surface area contributed by atoms with E-state index in [1.165, 1.54) is 11.9 Å². The van der Waals surface area contributed by atoms with Crippen LogP contribution in [0.1, 0.15) is 16.6 Å². The Morgan fingerprint density at radius 2 is 2.40 bits per heavy atom. The van der Waals surface area contributed by atoms with E-state index in [1.54, 1.807) is 0 Å². The molecule has 0 amide bonds. The zero-order valence-electron chi connectivity index (χ0n) is 7.81. The predicted molar refractivity (Wildman–Crippen MR) is 64.3 cm³/mol. The molecule has 1 aromatic rings. The molecule has 0 aliphatic carbocycles. The minimum atomic E-state index is 0.263. The maximum absolute atomic E-state index is 8.70. The maximum Gasteiger partial charge on any atom is 0.150 e. The summed E-state index contributed by atoms with van der Waals surface area (Å²) in [5.74, 6) is 4.07. The van der Waals surface area contributed by atoms with E-state index in [9.17, 15) is 0 Å². The van der Waals surface area contributed by atoms with Gasteiger partial charge in [-0.2, -0.15) is 17.0 Å². The van der Waals surface area contributed by atoms with Crippen molar-refractivity contribution in [1.29, 1.82) is 5.26 Å². The molecule has 1 unspecified atom stereocenters. The SMILES string of the molecule is N#Cc1cnc(C2CSCCS2)nc1Cl. The molecule has 0 bridgehead atoms. The van der Waals surface area contributed by atoms with Gasteiger partial charge in [-0.15, -0.1) is 11.8 Å². The topological polar surface area (TPSA) is 49.6 Å². The molecule has 15 heavy (non-hydrogen) atoms. The second-order valence-corrected chi connectivity index (χ2v) is 5.80. The molecule has 2 rings (SSSR count). The summed E-state index contributed by atoms with van der Waals surface area (Å²) in [6, 6.07) is 1.96. The average molecular weight is 258 g/mol. The zero-order valence-corrected chi connectivity index (χ0v) is 10.2. The first-order valence-electron chi connectivity index (χ1n) is 4.43. The highest BCUT2D eigenvalue weighted by molar-refractivity contribution is 8.06. The number of hydrogen-bond donors (Lipinski definition) is 0. The van der Waals surface area contributed by atoms with Gasteiger partial charge < -0.3 is 0 Å². The Morgan fingerprint density at radius 3 is 3.00 bits per heavy atom. The van der Waals surface area contributed by atoms with Gasteiger partial charge in [-0.05, 0) is 0 Å². The molecular formula is C9H8ClN3S2. The number of thioether (sulfide) groups is 2. The van der Waals surface area contributed by atoms with Gasteiger partial charge in [0.05, 0.1) is 5.25 Å². The van der Waals surface area contributed by atoms with Gasteiger partial charge in [0, 0.05) is 23.5 Å². The lowest BCUT2D eigenvalue weighted by Gasteiger charge is -2.19. The highest BCUT2D eigenvalue weighted by atomic mass is 35.5. The fourth-order valence-electron chi connectivity index (χ4n) is 1.24. The Hall–Kier alpha value is -0.440. The Bertz CT molecular complexity index is 399. The normalized spacial score (nSPS) is 20.9. The summed E-state index contributed by atoms with van der Waals surface area (Å²) < 4.78 is 0. The van der Waals surface area contributed by atoms with Crippen molar-refractivity contribution in [3.63, 3.8) is 0 Å². The molecule has 0 saturated carbocycles. The van der Waals surface area contributed by atoms with Crippen molar-refractivity contribution in [2.45, 2.75) is 5.25 Å². The quantitative estimate of drug-likeness (QED) is 0.724. The van der Waals surface area contributed by atoms with Crippen LogP contribution in [-0.2, 0) is 0 Å². The fraction of sp³-hybridized carbons (Fsp3) is 0.444. The van der Waals surface area contributed by atoms with E-state index >= 15 is 0 Å². The van der Waals surface area contributed by atoms with Crippen molar-refractivity contribution < 1.29 is 0 Å². The van der Waals surface area contributed by atoms with Crippen LogP contribution in [0, 0.1) is 11.3 Å². The van der Waals surface area contributed by atoms with Crippen molar-refractivity contribution in [2.75, 3.05) is 17.3 Å². The highest BCUT2D eigenvalue weighted by Crippen LogP contribution is 2.35. The molecule has 1 fully saturated rings. The van der Waals surface area contributed by atoms with E-state index < -0.39 is 0 Å². The average Bonchev–Trinajstić information content (AvgIpc) is 2.30. The van der Waals surface area contributed by atoms with E-state index in [2.05, 4.69) is 9.97 Å². The van der Waals surface area contributed by atoms with Gasteiger partial charge in [-0.3, -0.25) is 0 Å². The molecule has 2 heterocycles. The van der Waals surface area contributed by atoms with Crippen molar-refractivity contribution in [2.24, 2.45) is 0 Å². The van der Waals surface area contributed by atoms with Crippen molar-refractivity contribution in [3.8, 4) is 6.07 Å². The summed E-state index contributed by atoms with van der Waals surface area (Å²) >= 11 is 9.61. The summed E-state index contributed by atoms with van der Waals surface area (Å²) in [6.45, 7) is 0. The van der Waals surface area contributed by atoms with Crippen LogP contribution < -0.4 is 0 Å². The number of hydrogen-bond acceptors (Lipinski definition) is 5. The van der Waals surface area contributed by atoms with Crippen molar-refractivity contribution >= 4 is 35.1 Å². The van der Waals surface area contributed by atoms with Crippen LogP contribution in [0.3, 0.4) is 0 Å². The van der Waals surface area contributed by atoms with Crippen LogP contribution in [0.4, 0.5) is 0 Å². The molecule has 3 nitrogen and oxygen atoms in total. The van der Waals surface area contributed by atoms with Gasteiger partial charge in [0.2, 0.25) is 0 Å². The molecule has 1 aliphatic rings. The Kier molecular flexibility index (Phi) is 3.73. The second kappa shape index (κ2) is 5.06. The first-order chi connectivity index (χ1) is 7.31. The molecule has 1 aliphatic heterocycles. The minimum absolute atomic E-state index is 0.263. The monoisotopic (exact) mass is 257 g/mol. The largest absolute Gasteiger partial charge is 0.239 e. The summed E-state index contributed by atoms with van der Waals surface area (Å²) in [4.78, 5) is 8.35. The Labute approximate surface area is 102 Å². The Balaban J connectivity index is 2.22. The van der Waals surface area contributed by atoms with Crippen molar-refractivity contribution in [3.05, 3.63) is 22.7 Å². The molecule has 0 aromatic carbocycles. The van der Waals surface area contributed by atoms with Crippen LogP contribution >= 0.6 is 35.1 Å². The van der Waals surface area contributed by atoms with Gasteiger partial charge in [0.25, 0.3) is 0 Å². The van der Waals surface area contributed by atoms with Crippen LogP contribution in [0.2, 0.25) is 5.15 Å². The van der Waals surface area contributed by atoms with Gasteiger partial charge in [0.15, 0.2) is 5.15 Å². The summed E-state index contributed by atoms with van der Waals surface area (Å²) in [5, 5.41) is 9.27. The van der Waals surface area contributed by atoms with Crippen LogP contribution in [0.25, 0.3) is 0 Å². The fourth-order valence-corrected chi connectivity index (χ4v) is 4.03. The van der Waals surface area contributed by atoms with E-state index in [-0.39, 0.29) is 5.15 Å².